The molecule has 0 atom stereocenters. The fraction of sp³-hybridized carbons (Fsp3) is 0. The lowest BCUT2D eigenvalue weighted by atomic mass is 10.2. The van der Waals surface area contributed by atoms with Crippen molar-refractivity contribution in [3.8, 4) is 0 Å². The second-order valence-corrected chi connectivity index (χ2v) is 1.99. The molecule has 1 rings (SSSR count). The topological polar surface area (TPSA) is 46.2 Å². The summed E-state index contributed by atoms with van der Waals surface area (Å²) in [5.74, 6) is 0. The Bertz CT molecular complexity index is 243. The van der Waals surface area contributed by atoms with Crippen molar-refractivity contribution < 1.29 is 5.11 Å². The van der Waals surface area contributed by atoms with Crippen LogP contribution in [-0.2, 0) is 0 Å². The number of benzene rings is 1. The minimum absolute atomic E-state index is 0.704. The molecule has 0 fully saturated rings. The average Bonchev–Trinajstić information content (AvgIpc) is 1.88. The molecule has 52 valence electrons. The Kier molecular flexibility index (Phi) is 1.95. The van der Waals surface area contributed by atoms with E-state index in [1.165, 1.54) is 0 Å². The van der Waals surface area contributed by atoms with Gasteiger partial charge >= 0.3 is 0 Å². The van der Waals surface area contributed by atoms with E-state index in [1.807, 2.05) is 12.1 Å². The molecule has 0 saturated heterocycles. The number of nitrogens with two attached hydrogens (primary N) is 1. The highest BCUT2D eigenvalue weighted by molar-refractivity contribution is 5.54. The van der Waals surface area contributed by atoms with Crippen molar-refractivity contribution >= 4 is 11.8 Å². The molecule has 2 nitrogen and oxygen atoms in total. The SMILES string of the molecule is Nc1cccc(C=CO)c1. The molecule has 1 aromatic carbocycles. The van der Waals surface area contributed by atoms with Crippen LogP contribution in [0.2, 0.25) is 0 Å². The summed E-state index contributed by atoms with van der Waals surface area (Å²) in [5.41, 5.74) is 7.08. The molecule has 0 amide bonds. The molecule has 2 heteroatoms. The third-order valence-electron chi connectivity index (χ3n) is 1.18. The zero-order chi connectivity index (χ0) is 7.40. The number of aliphatic hydroxyl groups is 1. The molecule has 0 aliphatic carbocycles. The Morgan fingerprint density at radius 1 is 1.40 bits per heavy atom. The van der Waals surface area contributed by atoms with Crippen LogP contribution in [0.15, 0.2) is 30.5 Å². The third-order valence-corrected chi connectivity index (χ3v) is 1.18. The fourth-order valence-corrected chi connectivity index (χ4v) is 0.749. The van der Waals surface area contributed by atoms with Crippen LogP contribution in [0.4, 0.5) is 5.69 Å². The highest BCUT2D eigenvalue weighted by Gasteiger charge is 1.85. The fourth-order valence-electron chi connectivity index (χ4n) is 0.749. The van der Waals surface area contributed by atoms with Crippen LogP contribution in [0, 0.1) is 0 Å². The molecule has 10 heavy (non-hydrogen) atoms. The molecule has 0 radical (unpaired) electrons. The predicted octanol–water partition coefficient (Wildman–Crippen LogP) is 1.80. The zero-order valence-corrected chi connectivity index (χ0v) is 5.49. The lowest BCUT2D eigenvalue weighted by Gasteiger charge is -1.93. The molecule has 0 spiro atoms. The van der Waals surface area contributed by atoms with Crippen molar-refractivity contribution in [2.45, 2.75) is 0 Å². The summed E-state index contributed by atoms with van der Waals surface area (Å²) in [6.45, 7) is 0. The smallest absolute Gasteiger partial charge is 0.0797 e. The van der Waals surface area contributed by atoms with Gasteiger partial charge in [-0.1, -0.05) is 12.1 Å². The predicted molar refractivity (Wildman–Crippen MR) is 42.5 cm³/mol. The van der Waals surface area contributed by atoms with E-state index in [9.17, 15) is 0 Å². The zero-order valence-electron chi connectivity index (χ0n) is 5.49. The number of rotatable bonds is 1. The third kappa shape index (κ3) is 1.52. The molecule has 0 aliphatic heterocycles. The van der Waals surface area contributed by atoms with Gasteiger partial charge in [-0.3, -0.25) is 0 Å². The van der Waals surface area contributed by atoms with E-state index in [2.05, 4.69) is 0 Å². The van der Waals surface area contributed by atoms with E-state index in [4.69, 9.17) is 10.8 Å². The maximum atomic E-state index is 8.39. The van der Waals surface area contributed by atoms with Gasteiger partial charge in [-0.15, -0.1) is 0 Å². The number of hydrogen-bond acceptors (Lipinski definition) is 2. The Labute approximate surface area is 59.6 Å². The molecule has 0 unspecified atom stereocenters. The summed E-state index contributed by atoms with van der Waals surface area (Å²) in [5, 5.41) is 8.39. The highest BCUT2D eigenvalue weighted by atomic mass is 16.2. The molecule has 0 bridgehead atoms. The monoisotopic (exact) mass is 135 g/mol. The maximum absolute atomic E-state index is 8.39. The van der Waals surface area contributed by atoms with Crippen LogP contribution in [0.3, 0.4) is 0 Å². The van der Waals surface area contributed by atoms with Gasteiger partial charge in [-0.05, 0) is 23.8 Å². The second-order valence-electron chi connectivity index (χ2n) is 1.99. The largest absolute Gasteiger partial charge is 0.516 e. The first-order chi connectivity index (χ1) is 4.83. The number of aliphatic hydroxyl groups excluding tert-OH is 1. The van der Waals surface area contributed by atoms with Gasteiger partial charge in [0.05, 0.1) is 6.26 Å². The molecule has 0 saturated carbocycles. The van der Waals surface area contributed by atoms with Gasteiger partial charge in [-0.2, -0.15) is 0 Å². The minimum Gasteiger partial charge on any atom is -0.516 e. The summed E-state index contributed by atoms with van der Waals surface area (Å²) in [6.07, 6.45) is 2.57. The van der Waals surface area contributed by atoms with Crippen molar-refractivity contribution in [1.29, 1.82) is 0 Å². The molecule has 1 aromatic rings. The van der Waals surface area contributed by atoms with Crippen LogP contribution in [0.5, 0.6) is 0 Å². The van der Waals surface area contributed by atoms with Crippen LogP contribution >= 0.6 is 0 Å². The van der Waals surface area contributed by atoms with Gasteiger partial charge < -0.3 is 10.8 Å². The normalized spacial score (nSPS) is 10.4. The van der Waals surface area contributed by atoms with E-state index in [1.54, 1.807) is 18.2 Å². The average molecular weight is 135 g/mol. The van der Waals surface area contributed by atoms with Gasteiger partial charge in [-0.25, -0.2) is 0 Å². The Morgan fingerprint density at radius 3 is 2.80 bits per heavy atom. The maximum Gasteiger partial charge on any atom is 0.0797 e. The highest BCUT2D eigenvalue weighted by Crippen LogP contribution is 2.07. The van der Waals surface area contributed by atoms with Gasteiger partial charge in [0.15, 0.2) is 0 Å². The molecular weight excluding hydrogens is 126 g/mol. The first-order valence-electron chi connectivity index (χ1n) is 2.99. The van der Waals surface area contributed by atoms with Crippen molar-refractivity contribution in [3.63, 3.8) is 0 Å². The van der Waals surface area contributed by atoms with Crippen LogP contribution in [0.25, 0.3) is 6.08 Å². The minimum atomic E-state index is 0.704. The number of anilines is 1. The summed E-state index contributed by atoms with van der Waals surface area (Å²) >= 11 is 0. The van der Waals surface area contributed by atoms with Crippen molar-refractivity contribution in [3.05, 3.63) is 36.1 Å². The summed E-state index contributed by atoms with van der Waals surface area (Å²) in [6, 6.07) is 7.29. The van der Waals surface area contributed by atoms with Crippen LogP contribution < -0.4 is 5.73 Å². The molecule has 0 heterocycles. The quantitative estimate of drug-likeness (QED) is 0.455. The van der Waals surface area contributed by atoms with Crippen molar-refractivity contribution in [2.24, 2.45) is 0 Å². The molecule has 0 aromatic heterocycles. The lowest BCUT2D eigenvalue weighted by molar-refractivity contribution is 0.478. The summed E-state index contributed by atoms with van der Waals surface area (Å²) in [7, 11) is 0. The Hall–Kier alpha value is -1.44. The van der Waals surface area contributed by atoms with E-state index in [-0.39, 0.29) is 0 Å². The second kappa shape index (κ2) is 2.92. The summed E-state index contributed by atoms with van der Waals surface area (Å²) in [4.78, 5) is 0. The van der Waals surface area contributed by atoms with E-state index in [0.29, 0.717) is 5.69 Å². The first-order valence-corrected chi connectivity index (χ1v) is 2.99. The van der Waals surface area contributed by atoms with Gasteiger partial charge in [0.2, 0.25) is 0 Å². The Morgan fingerprint density at radius 2 is 2.20 bits per heavy atom. The standard InChI is InChI=1S/C8H9NO/c9-8-3-1-2-7(6-8)4-5-10/h1-6,10H,9H2. The van der Waals surface area contributed by atoms with Gasteiger partial charge in [0, 0.05) is 5.69 Å². The lowest BCUT2D eigenvalue weighted by Crippen LogP contribution is -1.83. The van der Waals surface area contributed by atoms with Gasteiger partial charge in [0.25, 0.3) is 0 Å². The first kappa shape index (κ1) is 6.68. The summed E-state index contributed by atoms with van der Waals surface area (Å²) < 4.78 is 0. The number of nitrogen functional groups attached to an aromatic ring is 1. The molecular formula is C8H9NO. The molecule has 3 N–H and O–H groups in total. The Balaban J connectivity index is 2.95. The van der Waals surface area contributed by atoms with E-state index >= 15 is 0 Å². The van der Waals surface area contributed by atoms with E-state index in [0.717, 1.165) is 11.8 Å². The van der Waals surface area contributed by atoms with Crippen molar-refractivity contribution in [2.75, 3.05) is 5.73 Å². The van der Waals surface area contributed by atoms with Crippen LogP contribution in [0.1, 0.15) is 5.56 Å². The van der Waals surface area contributed by atoms with Gasteiger partial charge in [0.1, 0.15) is 0 Å². The van der Waals surface area contributed by atoms with Crippen LogP contribution in [-0.4, -0.2) is 5.11 Å². The number of hydrogen-bond donors (Lipinski definition) is 2. The van der Waals surface area contributed by atoms with Crippen molar-refractivity contribution in [1.82, 2.24) is 0 Å². The van der Waals surface area contributed by atoms with E-state index < -0.39 is 0 Å². The molecule has 0 aliphatic rings.